The average Bonchev–Trinajstić information content (AvgIpc) is 3.01. The largest absolute Gasteiger partial charge is 0.496 e. The quantitative estimate of drug-likeness (QED) is 0.737. The van der Waals surface area contributed by atoms with Gasteiger partial charge >= 0.3 is 0 Å². The fourth-order valence-electron chi connectivity index (χ4n) is 2.64. The van der Waals surface area contributed by atoms with Gasteiger partial charge in [0, 0.05) is 16.0 Å². The fourth-order valence-corrected chi connectivity index (χ4v) is 3.47. The molecule has 6 heteroatoms. The number of benzene rings is 2. The van der Waals surface area contributed by atoms with Crippen LogP contribution in [0.1, 0.15) is 26.4 Å². The zero-order valence-electron chi connectivity index (χ0n) is 14.7. The van der Waals surface area contributed by atoms with Crippen molar-refractivity contribution in [1.82, 2.24) is 4.98 Å². The van der Waals surface area contributed by atoms with Crippen LogP contribution in [0, 0.1) is 25.2 Å². The molecule has 1 N–H and O–H groups in total. The highest BCUT2D eigenvalue weighted by molar-refractivity contribution is 7.16. The SMILES string of the molecule is COc1ccc(-c2nc(NC(=O)c3cccc(C#N)c3)sc2C)cc1C. The fraction of sp³-hybridized carbons (Fsp3) is 0.150. The molecule has 0 saturated heterocycles. The van der Waals surface area contributed by atoms with Crippen LogP contribution in [0.2, 0.25) is 0 Å². The maximum absolute atomic E-state index is 12.4. The number of nitrogens with zero attached hydrogens (tertiary/aromatic N) is 2. The summed E-state index contributed by atoms with van der Waals surface area (Å²) in [6.45, 7) is 3.95. The number of thiazole rings is 1. The van der Waals surface area contributed by atoms with E-state index in [1.807, 2.05) is 38.1 Å². The Kier molecular flexibility index (Phi) is 5.01. The van der Waals surface area contributed by atoms with E-state index in [4.69, 9.17) is 10.00 Å². The normalized spacial score (nSPS) is 10.2. The van der Waals surface area contributed by atoms with E-state index in [9.17, 15) is 4.79 Å². The van der Waals surface area contributed by atoms with Gasteiger partial charge in [0.25, 0.3) is 5.91 Å². The number of hydrogen-bond acceptors (Lipinski definition) is 5. The van der Waals surface area contributed by atoms with Crippen molar-refractivity contribution in [3.05, 3.63) is 64.0 Å². The molecule has 0 radical (unpaired) electrons. The first-order valence-electron chi connectivity index (χ1n) is 7.95. The number of ether oxygens (including phenoxy) is 1. The van der Waals surface area contributed by atoms with Gasteiger partial charge < -0.3 is 4.74 Å². The van der Waals surface area contributed by atoms with Gasteiger partial charge in [0.05, 0.1) is 24.4 Å². The lowest BCUT2D eigenvalue weighted by atomic mass is 10.1. The maximum atomic E-state index is 12.4. The minimum Gasteiger partial charge on any atom is -0.496 e. The van der Waals surface area contributed by atoms with E-state index in [0.29, 0.717) is 16.3 Å². The number of carbonyl (C=O) groups excluding carboxylic acids is 1. The first-order chi connectivity index (χ1) is 12.5. The van der Waals surface area contributed by atoms with Crippen LogP contribution in [0.3, 0.4) is 0 Å². The van der Waals surface area contributed by atoms with Crippen molar-refractivity contribution in [3.8, 4) is 23.1 Å². The number of rotatable bonds is 4. The number of carbonyl (C=O) groups is 1. The second-order valence-corrected chi connectivity index (χ2v) is 6.96. The molecule has 2 aromatic carbocycles. The van der Waals surface area contributed by atoms with E-state index in [1.54, 1.807) is 31.4 Å². The van der Waals surface area contributed by atoms with Gasteiger partial charge in [-0.1, -0.05) is 6.07 Å². The number of hydrogen-bond donors (Lipinski definition) is 1. The molecule has 0 saturated carbocycles. The Morgan fingerprint density at radius 3 is 2.73 bits per heavy atom. The van der Waals surface area contributed by atoms with Crippen LogP contribution in [0.25, 0.3) is 11.3 Å². The summed E-state index contributed by atoms with van der Waals surface area (Å²) in [5.74, 6) is 0.542. The van der Waals surface area contributed by atoms with E-state index >= 15 is 0 Å². The van der Waals surface area contributed by atoms with Gasteiger partial charge in [-0.15, -0.1) is 11.3 Å². The molecule has 3 rings (SSSR count). The van der Waals surface area contributed by atoms with Gasteiger partial charge in [0.15, 0.2) is 5.13 Å². The average molecular weight is 363 g/mol. The molecule has 1 amide bonds. The third-order valence-electron chi connectivity index (χ3n) is 3.94. The lowest BCUT2D eigenvalue weighted by molar-refractivity contribution is 0.102. The molecule has 130 valence electrons. The van der Waals surface area contributed by atoms with E-state index in [-0.39, 0.29) is 5.91 Å². The molecule has 0 fully saturated rings. The van der Waals surface area contributed by atoms with E-state index in [1.165, 1.54) is 11.3 Å². The summed E-state index contributed by atoms with van der Waals surface area (Å²) in [6, 6.07) is 14.5. The number of methoxy groups -OCH3 is 1. The molecule has 0 aliphatic heterocycles. The molecule has 0 atom stereocenters. The third-order valence-corrected chi connectivity index (χ3v) is 4.83. The Balaban J connectivity index is 1.85. The first-order valence-corrected chi connectivity index (χ1v) is 8.77. The minimum atomic E-state index is -0.284. The van der Waals surface area contributed by atoms with Gasteiger partial charge in [-0.3, -0.25) is 10.1 Å². The van der Waals surface area contributed by atoms with Crippen molar-refractivity contribution >= 4 is 22.4 Å². The lowest BCUT2D eigenvalue weighted by Crippen LogP contribution is -2.11. The van der Waals surface area contributed by atoms with Crippen LogP contribution in [-0.2, 0) is 0 Å². The molecule has 1 aromatic heterocycles. The highest BCUT2D eigenvalue weighted by Crippen LogP contribution is 2.32. The summed E-state index contributed by atoms with van der Waals surface area (Å²) >= 11 is 1.42. The molecule has 3 aromatic rings. The van der Waals surface area contributed by atoms with Crippen LogP contribution >= 0.6 is 11.3 Å². The second kappa shape index (κ2) is 7.38. The molecule has 0 spiro atoms. The second-order valence-electron chi connectivity index (χ2n) is 5.75. The summed E-state index contributed by atoms with van der Waals surface area (Å²) in [6.07, 6.45) is 0. The van der Waals surface area contributed by atoms with Crippen molar-refractivity contribution in [3.63, 3.8) is 0 Å². The van der Waals surface area contributed by atoms with Gasteiger partial charge in [-0.25, -0.2) is 4.98 Å². The maximum Gasteiger partial charge on any atom is 0.257 e. The summed E-state index contributed by atoms with van der Waals surface area (Å²) in [5, 5.41) is 12.3. The zero-order chi connectivity index (χ0) is 18.7. The topological polar surface area (TPSA) is 75.0 Å². The predicted octanol–water partition coefficient (Wildman–Crippen LogP) is 4.56. The van der Waals surface area contributed by atoms with Crippen molar-refractivity contribution in [2.24, 2.45) is 0 Å². The van der Waals surface area contributed by atoms with Gasteiger partial charge in [0.2, 0.25) is 0 Å². The summed E-state index contributed by atoms with van der Waals surface area (Å²) in [4.78, 5) is 18.0. The van der Waals surface area contributed by atoms with E-state index in [0.717, 1.165) is 27.4 Å². The van der Waals surface area contributed by atoms with Crippen LogP contribution in [-0.4, -0.2) is 18.0 Å². The van der Waals surface area contributed by atoms with E-state index in [2.05, 4.69) is 10.3 Å². The molecule has 1 heterocycles. The van der Waals surface area contributed by atoms with Crippen LogP contribution in [0.15, 0.2) is 42.5 Å². The Hall–Kier alpha value is -3.17. The molecule has 0 aliphatic rings. The number of aryl methyl sites for hydroxylation is 2. The van der Waals surface area contributed by atoms with Crippen molar-refractivity contribution in [1.29, 1.82) is 5.26 Å². The summed E-state index contributed by atoms with van der Waals surface area (Å²) in [5.41, 5.74) is 3.71. The van der Waals surface area contributed by atoms with Crippen LogP contribution < -0.4 is 10.1 Å². The van der Waals surface area contributed by atoms with Crippen LogP contribution in [0.5, 0.6) is 5.75 Å². The number of aromatic nitrogens is 1. The Morgan fingerprint density at radius 2 is 2.04 bits per heavy atom. The smallest absolute Gasteiger partial charge is 0.257 e. The Bertz CT molecular complexity index is 1020. The van der Waals surface area contributed by atoms with Crippen LogP contribution in [0.4, 0.5) is 5.13 Å². The van der Waals surface area contributed by atoms with Gasteiger partial charge in [-0.2, -0.15) is 5.26 Å². The molecular formula is C20H17N3O2S. The minimum absolute atomic E-state index is 0.284. The van der Waals surface area contributed by atoms with Crippen molar-refractivity contribution in [2.75, 3.05) is 12.4 Å². The number of amides is 1. The monoisotopic (exact) mass is 363 g/mol. The molecule has 0 unspecified atom stereocenters. The third kappa shape index (κ3) is 3.58. The van der Waals surface area contributed by atoms with Gasteiger partial charge in [-0.05, 0) is 55.8 Å². The summed E-state index contributed by atoms with van der Waals surface area (Å²) < 4.78 is 5.29. The van der Waals surface area contributed by atoms with E-state index < -0.39 is 0 Å². The highest BCUT2D eigenvalue weighted by atomic mass is 32.1. The Labute approximate surface area is 155 Å². The number of nitriles is 1. The summed E-state index contributed by atoms with van der Waals surface area (Å²) in [7, 11) is 1.64. The highest BCUT2D eigenvalue weighted by Gasteiger charge is 2.14. The molecule has 5 nitrogen and oxygen atoms in total. The first kappa shape index (κ1) is 17.6. The van der Waals surface area contributed by atoms with Gasteiger partial charge in [0.1, 0.15) is 5.75 Å². The number of nitrogens with one attached hydrogen (secondary N) is 1. The standard InChI is InChI=1S/C20H17N3O2S/c1-12-9-15(7-8-17(12)25-3)18-13(2)26-20(22-18)23-19(24)16-6-4-5-14(10-16)11-21/h4-10H,1-3H3,(H,22,23,24). The molecule has 0 bridgehead atoms. The predicted molar refractivity (Wildman–Crippen MR) is 103 cm³/mol. The molecule has 0 aliphatic carbocycles. The van der Waals surface area contributed by atoms with Crippen molar-refractivity contribution < 1.29 is 9.53 Å². The van der Waals surface area contributed by atoms with Crippen molar-refractivity contribution in [2.45, 2.75) is 13.8 Å². The zero-order valence-corrected chi connectivity index (χ0v) is 15.5. The Morgan fingerprint density at radius 1 is 1.23 bits per heavy atom. The molecular weight excluding hydrogens is 346 g/mol. The lowest BCUT2D eigenvalue weighted by Gasteiger charge is -2.06. The molecule has 26 heavy (non-hydrogen) atoms. The number of anilines is 1.